The van der Waals surface area contributed by atoms with Gasteiger partial charge in [-0.2, -0.15) is 0 Å². The molecule has 0 unspecified atom stereocenters. The topological polar surface area (TPSA) is 80.9 Å². The Hall–Kier alpha value is -3.02. The van der Waals surface area contributed by atoms with E-state index in [1.54, 1.807) is 12.4 Å². The van der Waals surface area contributed by atoms with Gasteiger partial charge in [0.05, 0.1) is 18.1 Å². The van der Waals surface area contributed by atoms with Crippen LogP contribution in [0, 0.1) is 0 Å². The van der Waals surface area contributed by atoms with Crippen LogP contribution >= 0.6 is 0 Å². The molecule has 0 atom stereocenters. The summed E-state index contributed by atoms with van der Waals surface area (Å²) in [6.07, 6.45) is 5.22. The fourth-order valence-electron chi connectivity index (χ4n) is 1.89. The summed E-state index contributed by atoms with van der Waals surface area (Å²) in [6, 6.07) is 9.40. The monoisotopic (exact) mass is 294 g/mol. The zero-order chi connectivity index (χ0) is 15.4. The van der Waals surface area contributed by atoms with E-state index in [0.29, 0.717) is 11.6 Å². The number of benzene rings is 1. The van der Waals surface area contributed by atoms with Gasteiger partial charge in [-0.05, 0) is 12.1 Å². The van der Waals surface area contributed by atoms with Crippen LogP contribution in [0.15, 0.2) is 53.4 Å². The van der Waals surface area contributed by atoms with Crippen molar-refractivity contribution in [2.45, 2.75) is 13.3 Å². The van der Waals surface area contributed by atoms with Gasteiger partial charge >= 0.3 is 0 Å². The van der Waals surface area contributed by atoms with Crippen LogP contribution in [0.5, 0.6) is 0 Å². The van der Waals surface area contributed by atoms with Crippen molar-refractivity contribution < 1.29 is 9.21 Å². The molecule has 0 aliphatic heterocycles. The van der Waals surface area contributed by atoms with Crippen LogP contribution in [-0.4, -0.2) is 20.9 Å². The zero-order valence-corrected chi connectivity index (χ0v) is 12.0. The van der Waals surface area contributed by atoms with E-state index in [4.69, 9.17) is 4.42 Å². The summed E-state index contributed by atoms with van der Waals surface area (Å²) in [4.78, 5) is 24.6. The highest BCUT2D eigenvalue weighted by Gasteiger charge is 2.13. The lowest BCUT2D eigenvalue weighted by Crippen LogP contribution is -2.13. The van der Waals surface area contributed by atoms with Crippen molar-refractivity contribution in [3.05, 3.63) is 60.5 Å². The standard InChI is InChI=1S/C16H14N4O2/c1-2-14-17-8-12(9-18-14)19-15(21)13-10-22-16(20-13)11-6-4-3-5-7-11/h3-10H,2H2,1H3,(H,19,21). The number of amides is 1. The predicted octanol–water partition coefficient (Wildman–Crippen LogP) is 2.95. The Morgan fingerprint density at radius 3 is 2.59 bits per heavy atom. The first-order valence-electron chi connectivity index (χ1n) is 6.89. The van der Waals surface area contributed by atoms with Gasteiger partial charge in [0.25, 0.3) is 5.91 Å². The minimum Gasteiger partial charge on any atom is -0.444 e. The van der Waals surface area contributed by atoms with E-state index in [9.17, 15) is 4.79 Å². The third-order valence-corrected chi connectivity index (χ3v) is 3.04. The first-order chi connectivity index (χ1) is 10.8. The van der Waals surface area contributed by atoms with Gasteiger partial charge in [0.2, 0.25) is 5.89 Å². The van der Waals surface area contributed by atoms with Crippen LogP contribution in [-0.2, 0) is 6.42 Å². The average Bonchev–Trinajstić information content (AvgIpc) is 3.06. The Labute approximate surface area is 127 Å². The number of hydrogen-bond donors (Lipinski definition) is 1. The van der Waals surface area contributed by atoms with Crippen molar-refractivity contribution in [2.24, 2.45) is 0 Å². The molecule has 1 amide bonds. The molecule has 3 rings (SSSR count). The van der Waals surface area contributed by atoms with Gasteiger partial charge in [-0.3, -0.25) is 4.79 Å². The molecule has 0 saturated heterocycles. The molecule has 0 spiro atoms. The van der Waals surface area contributed by atoms with Crippen LogP contribution in [0.3, 0.4) is 0 Å². The van der Waals surface area contributed by atoms with Crippen LogP contribution in [0.2, 0.25) is 0 Å². The molecule has 22 heavy (non-hydrogen) atoms. The van der Waals surface area contributed by atoms with Crippen LogP contribution in [0.4, 0.5) is 5.69 Å². The number of nitrogens with zero attached hydrogens (tertiary/aromatic N) is 3. The molecule has 1 N–H and O–H groups in total. The SMILES string of the molecule is CCc1ncc(NC(=O)c2coc(-c3ccccc3)n2)cn1. The van der Waals surface area contributed by atoms with Crippen molar-refractivity contribution in [2.75, 3.05) is 5.32 Å². The molecule has 3 aromatic rings. The Morgan fingerprint density at radius 2 is 1.91 bits per heavy atom. The second-order valence-electron chi connectivity index (χ2n) is 4.60. The number of aromatic nitrogens is 3. The highest BCUT2D eigenvalue weighted by molar-refractivity contribution is 6.02. The van der Waals surface area contributed by atoms with E-state index in [1.807, 2.05) is 37.3 Å². The van der Waals surface area contributed by atoms with Crippen molar-refractivity contribution in [1.82, 2.24) is 15.0 Å². The van der Waals surface area contributed by atoms with Crippen molar-refractivity contribution in [3.8, 4) is 11.5 Å². The Kier molecular flexibility index (Phi) is 3.91. The summed E-state index contributed by atoms with van der Waals surface area (Å²) in [5, 5.41) is 2.69. The number of anilines is 1. The molecule has 0 fully saturated rings. The minimum absolute atomic E-state index is 0.207. The smallest absolute Gasteiger partial charge is 0.277 e. The predicted molar refractivity (Wildman–Crippen MR) is 81.3 cm³/mol. The maximum absolute atomic E-state index is 12.1. The van der Waals surface area contributed by atoms with E-state index in [-0.39, 0.29) is 11.6 Å². The lowest BCUT2D eigenvalue weighted by atomic mass is 10.2. The molecular formula is C16H14N4O2. The number of carbonyl (C=O) groups excluding carboxylic acids is 1. The summed E-state index contributed by atoms with van der Waals surface area (Å²) in [5.41, 5.74) is 1.54. The van der Waals surface area contributed by atoms with Gasteiger partial charge in [-0.1, -0.05) is 25.1 Å². The molecule has 0 radical (unpaired) electrons. The van der Waals surface area contributed by atoms with Gasteiger partial charge in [-0.25, -0.2) is 15.0 Å². The fraction of sp³-hybridized carbons (Fsp3) is 0.125. The lowest BCUT2D eigenvalue weighted by molar-refractivity contribution is 0.102. The molecule has 0 aliphatic rings. The largest absolute Gasteiger partial charge is 0.444 e. The highest BCUT2D eigenvalue weighted by atomic mass is 16.3. The van der Waals surface area contributed by atoms with Gasteiger partial charge in [0, 0.05) is 12.0 Å². The number of aryl methyl sites for hydroxylation is 1. The maximum atomic E-state index is 12.1. The van der Waals surface area contributed by atoms with E-state index in [0.717, 1.165) is 17.8 Å². The second kappa shape index (κ2) is 6.17. The fourth-order valence-corrected chi connectivity index (χ4v) is 1.89. The van der Waals surface area contributed by atoms with Crippen molar-refractivity contribution in [1.29, 1.82) is 0 Å². The molecule has 2 heterocycles. The molecular weight excluding hydrogens is 280 g/mol. The third-order valence-electron chi connectivity index (χ3n) is 3.04. The number of rotatable bonds is 4. The first kappa shape index (κ1) is 13.9. The summed E-state index contributed by atoms with van der Waals surface area (Å²) in [7, 11) is 0. The van der Waals surface area contributed by atoms with E-state index in [1.165, 1.54) is 6.26 Å². The number of oxazole rings is 1. The van der Waals surface area contributed by atoms with E-state index < -0.39 is 0 Å². The Bertz CT molecular complexity index is 766. The third kappa shape index (κ3) is 3.01. The molecule has 1 aromatic carbocycles. The molecule has 2 aromatic heterocycles. The number of carbonyl (C=O) groups is 1. The molecule has 110 valence electrons. The number of nitrogens with one attached hydrogen (secondary N) is 1. The second-order valence-corrected chi connectivity index (χ2v) is 4.60. The van der Waals surface area contributed by atoms with E-state index >= 15 is 0 Å². The zero-order valence-electron chi connectivity index (χ0n) is 12.0. The average molecular weight is 294 g/mol. The molecule has 0 saturated carbocycles. The molecule has 6 nitrogen and oxygen atoms in total. The van der Waals surface area contributed by atoms with Crippen molar-refractivity contribution in [3.63, 3.8) is 0 Å². The summed E-state index contributed by atoms with van der Waals surface area (Å²) < 4.78 is 5.34. The summed E-state index contributed by atoms with van der Waals surface area (Å²) in [6.45, 7) is 1.97. The summed E-state index contributed by atoms with van der Waals surface area (Å²) in [5.74, 6) is 0.771. The van der Waals surface area contributed by atoms with E-state index in [2.05, 4.69) is 20.3 Å². The highest BCUT2D eigenvalue weighted by Crippen LogP contribution is 2.18. The van der Waals surface area contributed by atoms with Crippen molar-refractivity contribution >= 4 is 11.6 Å². The first-order valence-corrected chi connectivity index (χ1v) is 6.89. The summed E-state index contributed by atoms with van der Waals surface area (Å²) >= 11 is 0. The normalized spacial score (nSPS) is 10.4. The van der Waals surface area contributed by atoms with Gasteiger partial charge < -0.3 is 9.73 Å². The van der Waals surface area contributed by atoms with Gasteiger partial charge in [0.1, 0.15) is 12.1 Å². The Morgan fingerprint density at radius 1 is 1.18 bits per heavy atom. The molecule has 0 aliphatic carbocycles. The lowest BCUT2D eigenvalue weighted by Gasteiger charge is -2.02. The molecule has 6 heteroatoms. The van der Waals surface area contributed by atoms with Gasteiger partial charge in [0.15, 0.2) is 5.69 Å². The molecule has 0 bridgehead atoms. The maximum Gasteiger partial charge on any atom is 0.277 e. The minimum atomic E-state index is -0.362. The van der Waals surface area contributed by atoms with Gasteiger partial charge in [-0.15, -0.1) is 0 Å². The van der Waals surface area contributed by atoms with Crippen LogP contribution in [0.25, 0.3) is 11.5 Å². The number of hydrogen-bond acceptors (Lipinski definition) is 5. The van der Waals surface area contributed by atoms with Crippen LogP contribution < -0.4 is 5.32 Å². The Balaban J connectivity index is 1.74. The van der Waals surface area contributed by atoms with Crippen LogP contribution in [0.1, 0.15) is 23.2 Å². The quantitative estimate of drug-likeness (QED) is 0.800.